The van der Waals surface area contributed by atoms with Gasteiger partial charge in [-0.05, 0) is 30.2 Å². The summed E-state index contributed by atoms with van der Waals surface area (Å²) in [7, 11) is 0. The number of halogens is 5. The van der Waals surface area contributed by atoms with Gasteiger partial charge in [0.2, 0.25) is 0 Å². The summed E-state index contributed by atoms with van der Waals surface area (Å²) in [6.07, 6.45) is -5.35. The lowest BCUT2D eigenvalue weighted by Crippen LogP contribution is -2.47. The molecule has 1 aliphatic heterocycles. The molecule has 0 bridgehead atoms. The van der Waals surface area contributed by atoms with Gasteiger partial charge in [-0.15, -0.1) is 0 Å². The Bertz CT molecular complexity index is 543. The second-order valence-electron chi connectivity index (χ2n) is 5.12. The predicted molar refractivity (Wildman–Crippen MR) is 67.4 cm³/mol. The molecule has 1 aromatic rings. The number of carboxylic acid groups (broad SMARTS) is 1. The van der Waals surface area contributed by atoms with Crippen molar-refractivity contribution in [2.24, 2.45) is 5.41 Å². The van der Waals surface area contributed by atoms with Gasteiger partial charge in [-0.3, -0.25) is 9.69 Å². The molecular formula is C13H12ClF4NO2. The molecule has 116 valence electrons. The van der Waals surface area contributed by atoms with E-state index < -0.39 is 36.3 Å². The van der Waals surface area contributed by atoms with Gasteiger partial charge in [0.05, 0.1) is 0 Å². The molecule has 1 heterocycles. The van der Waals surface area contributed by atoms with Crippen LogP contribution in [0.25, 0.3) is 0 Å². The normalized spacial score (nSPS) is 23.5. The van der Waals surface area contributed by atoms with E-state index in [4.69, 9.17) is 16.7 Å². The smallest absolute Gasteiger partial charge is 0.406 e. The van der Waals surface area contributed by atoms with E-state index in [0.717, 1.165) is 6.07 Å². The van der Waals surface area contributed by atoms with Crippen LogP contribution in [0.15, 0.2) is 18.2 Å². The van der Waals surface area contributed by atoms with Crippen molar-refractivity contribution >= 4 is 17.6 Å². The van der Waals surface area contributed by atoms with Crippen molar-refractivity contribution in [1.29, 1.82) is 0 Å². The average molecular weight is 326 g/mol. The standard InChI is InChI=1S/C13H12ClF4NO2/c14-9-3-8(4-10(15)5-9)6-19-2-1-12(7-19,11(20)21)13(16,17)18/h3-5H,1-2,6-7H2,(H,20,21). The molecule has 3 nitrogen and oxygen atoms in total. The number of carbonyl (C=O) groups is 1. The zero-order chi connectivity index (χ0) is 15.8. The van der Waals surface area contributed by atoms with Crippen LogP contribution in [0.4, 0.5) is 17.6 Å². The molecule has 1 aliphatic rings. The van der Waals surface area contributed by atoms with Gasteiger partial charge < -0.3 is 5.11 Å². The van der Waals surface area contributed by atoms with Gasteiger partial charge in [-0.25, -0.2) is 4.39 Å². The molecule has 21 heavy (non-hydrogen) atoms. The number of aliphatic carboxylic acids is 1. The summed E-state index contributed by atoms with van der Waals surface area (Å²) in [4.78, 5) is 12.4. The van der Waals surface area contributed by atoms with Crippen molar-refractivity contribution in [2.45, 2.75) is 19.1 Å². The van der Waals surface area contributed by atoms with Gasteiger partial charge >= 0.3 is 12.1 Å². The van der Waals surface area contributed by atoms with Crippen LogP contribution >= 0.6 is 11.6 Å². The van der Waals surface area contributed by atoms with E-state index >= 15 is 0 Å². The maximum absolute atomic E-state index is 13.2. The summed E-state index contributed by atoms with van der Waals surface area (Å²) in [5, 5.41) is 9.09. The highest BCUT2D eigenvalue weighted by Crippen LogP contribution is 2.46. The Morgan fingerprint density at radius 2 is 2.05 bits per heavy atom. The Hall–Kier alpha value is -1.34. The third-order valence-electron chi connectivity index (χ3n) is 3.63. The SMILES string of the molecule is O=C(O)C1(C(F)(F)F)CCN(Cc2cc(F)cc(Cl)c2)C1. The molecule has 0 amide bonds. The topological polar surface area (TPSA) is 40.5 Å². The van der Waals surface area contributed by atoms with Crippen molar-refractivity contribution < 1.29 is 27.5 Å². The number of hydrogen-bond donors (Lipinski definition) is 1. The zero-order valence-corrected chi connectivity index (χ0v) is 11.5. The van der Waals surface area contributed by atoms with Crippen LogP contribution in [0.3, 0.4) is 0 Å². The number of likely N-dealkylation sites (tertiary alicyclic amines) is 1. The zero-order valence-electron chi connectivity index (χ0n) is 10.8. The minimum absolute atomic E-state index is 0.0165. The average Bonchev–Trinajstić information content (AvgIpc) is 2.72. The lowest BCUT2D eigenvalue weighted by molar-refractivity contribution is -0.227. The summed E-state index contributed by atoms with van der Waals surface area (Å²) in [5.74, 6) is -2.47. The van der Waals surface area contributed by atoms with Gasteiger partial charge in [-0.1, -0.05) is 11.6 Å². The lowest BCUT2D eigenvalue weighted by Gasteiger charge is -2.27. The number of carboxylic acids is 1. The van der Waals surface area contributed by atoms with Crippen LogP contribution in [-0.2, 0) is 11.3 Å². The highest BCUT2D eigenvalue weighted by atomic mass is 35.5. The summed E-state index contributed by atoms with van der Waals surface area (Å²) in [5.41, 5.74) is -2.35. The highest BCUT2D eigenvalue weighted by molar-refractivity contribution is 6.30. The van der Waals surface area contributed by atoms with Crippen molar-refractivity contribution in [3.8, 4) is 0 Å². The number of nitrogens with zero attached hydrogens (tertiary/aromatic N) is 1. The second kappa shape index (κ2) is 5.46. The van der Waals surface area contributed by atoms with Crippen molar-refractivity contribution in [1.82, 2.24) is 4.90 Å². The molecule has 1 saturated heterocycles. The fourth-order valence-electron chi connectivity index (χ4n) is 2.51. The number of benzene rings is 1. The molecule has 2 rings (SSSR count). The van der Waals surface area contributed by atoms with Gasteiger partial charge in [0, 0.05) is 24.7 Å². The van der Waals surface area contributed by atoms with Gasteiger partial charge in [0.1, 0.15) is 5.82 Å². The molecule has 8 heteroatoms. The first kappa shape index (κ1) is 16.0. The van der Waals surface area contributed by atoms with Crippen LogP contribution in [0.5, 0.6) is 0 Å². The van der Waals surface area contributed by atoms with Crippen molar-refractivity contribution in [3.63, 3.8) is 0 Å². The number of alkyl halides is 3. The Balaban J connectivity index is 2.16. The Morgan fingerprint density at radius 1 is 1.38 bits per heavy atom. The third kappa shape index (κ3) is 3.13. The summed E-state index contributed by atoms with van der Waals surface area (Å²) in [6, 6.07) is 3.70. The summed E-state index contributed by atoms with van der Waals surface area (Å²) < 4.78 is 52.2. The number of hydrogen-bond acceptors (Lipinski definition) is 2. The molecule has 0 spiro atoms. The van der Waals surface area contributed by atoms with E-state index in [1.807, 2.05) is 0 Å². The maximum atomic E-state index is 13.2. The van der Waals surface area contributed by atoms with Crippen LogP contribution in [0.1, 0.15) is 12.0 Å². The van der Waals surface area contributed by atoms with Crippen LogP contribution in [0, 0.1) is 11.2 Å². The van der Waals surface area contributed by atoms with Crippen molar-refractivity contribution in [2.75, 3.05) is 13.1 Å². The summed E-state index contributed by atoms with van der Waals surface area (Å²) >= 11 is 5.68. The fraction of sp³-hybridized carbons (Fsp3) is 0.462. The van der Waals surface area contributed by atoms with Gasteiger partial charge in [0.25, 0.3) is 0 Å². The second-order valence-corrected chi connectivity index (χ2v) is 5.56. The molecule has 1 fully saturated rings. The molecule has 0 saturated carbocycles. The highest BCUT2D eigenvalue weighted by Gasteiger charge is 2.63. The number of rotatable bonds is 3. The lowest BCUT2D eigenvalue weighted by atomic mass is 9.86. The molecule has 0 aromatic heterocycles. The minimum atomic E-state index is -4.83. The van der Waals surface area contributed by atoms with Crippen molar-refractivity contribution in [3.05, 3.63) is 34.6 Å². The van der Waals surface area contributed by atoms with Crippen LogP contribution < -0.4 is 0 Å². The molecule has 1 atom stereocenters. The molecule has 0 radical (unpaired) electrons. The van der Waals surface area contributed by atoms with Crippen LogP contribution in [0.2, 0.25) is 5.02 Å². The first-order valence-electron chi connectivity index (χ1n) is 6.11. The first-order valence-corrected chi connectivity index (χ1v) is 6.49. The third-order valence-corrected chi connectivity index (χ3v) is 3.85. The molecule has 1 N–H and O–H groups in total. The van der Waals surface area contributed by atoms with Gasteiger partial charge in [-0.2, -0.15) is 13.2 Å². The predicted octanol–water partition coefficient (Wildman–Crippen LogP) is 3.32. The van der Waals surface area contributed by atoms with E-state index in [0.29, 0.717) is 5.56 Å². The first-order chi connectivity index (χ1) is 9.64. The Morgan fingerprint density at radius 3 is 2.52 bits per heavy atom. The Labute approximate surface area is 123 Å². The largest absolute Gasteiger partial charge is 0.481 e. The van der Waals surface area contributed by atoms with E-state index in [1.54, 1.807) is 0 Å². The maximum Gasteiger partial charge on any atom is 0.406 e. The van der Waals surface area contributed by atoms with E-state index in [9.17, 15) is 22.4 Å². The molecule has 1 aromatic carbocycles. The van der Waals surface area contributed by atoms with E-state index in [1.165, 1.54) is 17.0 Å². The quantitative estimate of drug-likeness (QED) is 0.867. The molecule has 0 aliphatic carbocycles. The molecule has 1 unspecified atom stereocenters. The minimum Gasteiger partial charge on any atom is -0.481 e. The summed E-state index contributed by atoms with van der Waals surface area (Å²) in [6.45, 7) is -0.664. The molecular weight excluding hydrogens is 314 g/mol. The van der Waals surface area contributed by atoms with Gasteiger partial charge in [0.15, 0.2) is 5.41 Å². The fourth-order valence-corrected chi connectivity index (χ4v) is 2.76. The van der Waals surface area contributed by atoms with E-state index in [-0.39, 0.29) is 18.1 Å². The van der Waals surface area contributed by atoms with Crippen LogP contribution in [-0.4, -0.2) is 35.2 Å². The van der Waals surface area contributed by atoms with E-state index in [2.05, 4.69) is 0 Å². The monoisotopic (exact) mass is 325 g/mol. The Kier molecular flexibility index (Phi) is 4.17.